The lowest BCUT2D eigenvalue weighted by Gasteiger charge is -2.44. The fraction of sp³-hybridized carbons (Fsp3) is 0.583. The van der Waals surface area contributed by atoms with Crippen molar-refractivity contribution >= 4 is 5.91 Å². The van der Waals surface area contributed by atoms with Gasteiger partial charge in [0.05, 0.1) is 18.8 Å². The maximum atomic E-state index is 11.7. The highest BCUT2D eigenvalue weighted by Gasteiger charge is 2.35. The van der Waals surface area contributed by atoms with Gasteiger partial charge in [-0.1, -0.05) is 0 Å². The first-order valence-corrected chi connectivity index (χ1v) is 5.99. The number of carbonyl (C=O) groups is 1. The molecule has 5 heteroatoms. The second-order valence-electron chi connectivity index (χ2n) is 4.83. The first-order chi connectivity index (χ1) is 8.24. The number of furan rings is 1. The summed E-state index contributed by atoms with van der Waals surface area (Å²) in [4.78, 5) is 15.8. The van der Waals surface area contributed by atoms with Gasteiger partial charge in [-0.2, -0.15) is 0 Å². The molecule has 2 aliphatic rings. The number of nitrogens with zero attached hydrogens (tertiary/aromatic N) is 2. The minimum Gasteiger partial charge on any atom is -0.468 e. The molecule has 0 aromatic carbocycles. The predicted molar refractivity (Wildman–Crippen MR) is 62.4 cm³/mol. The van der Waals surface area contributed by atoms with Crippen molar-refractivity contribution in [3.05, 3.63) is 24.2 Å². The Balaban J connectivity index is 1.71. The lowest BCUT2D eigenvalue weighted by atomic mass is 10.0. The summed E-state index contributed by atoms with van der Waals surface area (Å²) < 4.78 is 5.42. The Morgan fingerprint density at radius 2 is 2.35 bits per heavy atom. The monoisotopic (exact) mass is 235 g/mol. The van der Waals surface area contributed by atoms with Crippen LogP contribution in [0.4, 0.5) is 0 Å². The number of nitrogens with one attached hydrogen (secondary N) is 1. The van der Waals surface area contributed by atoms with Gasteiger partial charge < -0.3 is 14.6 Å². The Kier molecular flexibility index (Phi) is 2.64. The van der Waals surface area contributed by atoms with Crippen LogP contribution in [0, 0.1) is 0 Å². The minimum atomic E-state index is 0.206. The van der Waals surface area contributed by atoms with E-state index >= 15 is 0 Å². The highest BCUT2D eigenvalue weighted by Crippen LogP contribution is 2.22. The Bertz CT molecular complexity index is 404. The second-order valence-corrected chi connectivity index (χ2v) is 4.83. The summed E-state index contributed by atoms with van der Waals surface area (Å²) in [5.41, 5.74) is 0. The fourth-order valence-corrected chi connectivity index (χ4v) is 2.62. The summed E-state index contributed by atoms with van der Waals surface area (Å²) >= 11 is 0. The van der Waals surface area contributed by atoms with E-state index in [2.05, 4.69) is 10.2 Å². The van der Waals surface area contributed by atoms with E-state index in [1.165, 1.54) is 0 Å². The molecule has 3 rings (SSSR count). The number of fused-ring (bicyclic) bond motifs is 1. The summed E-state index contributed by atoms with van der Waals surface area (Å²) in [6, 6.07) is 4.52. The van der Waals surface area contributed by atoms with Crippen molar-refractivity contribution < 1.29 is 9.21 Å². The molecule has 92 valence electrons. The normalized spacial score (nSPS) is 30.4. The van der Waals surface area contributed by atoms with Gasteiger partial charge in [0.25, 0.3) is 0 Å². The van der Waals surface area contributed by atoms with Gasteiger partial charge >= 0.3 is 0 Å². The summed E-state index contributed by atoms with van der Waals surface area (Å²) in [6.45, 7) is 3.09. The molecule has 0 aliphatic carbocycles. The van der Waals surface area contributed by atoms with Crippen molar-refractivity contribution in [2.24, 2.45) is 0 Å². The predicted octanol–water partition coefficient (Wildman–Crippen LogP) is 0.0665. The van der Waals surface area contributed by atoms with E-state index in [1.807, 2.05) is 24.1 Å². The molecule has 1 aromatic rings. The number of amides is 1. The molecule has 0 radical (unpaired) electrons. The molecule has 17 heavy (non-hydrogen) atoms. The first-order valence-electron chi connectivity index (χ1n) is 5.99. The van der Waals surface area contributed by atoms with Gasteiger partial charge in [-0.15, -0.1) is 0 Å². The van der Waals surface area contributed by atoms with Crippen LogP contribution in [-0.2, 0) is 4.79 Å². The highest BCUT2D eigenvalue weighted by atomic mass is 16.3. The van der Waals surface area contributed by atoms with E-state index in [0.717, 1.165) is 25.4 Å². The van der Waals surface area contributed by atoms with E-state index in [1.54, 1.807) is 6.26 Å². The van der Waals surface area contributed by atoms with Crippen molar-refractivity contribution in [3.63, 3.8) is 0 Å². The molecule has 1 amide bonds. The Morgan fingerprint density at radius 3 is 3.12 bits per heavy atom. The standard InChI is InChI=1S/C12H17N3O2/c1-14-6-9-5-13-10(11-3-2-4-17-11)7-15(9)8-12(14)16/h2-4,9-10,13H,5-8H2,1H3. The summed E-state index contributed by atoms with van der Waals surface area (Å²) in [6.07, 6.45) is 1.69. The van der Waals surface area contributed by atoms with Crippen LogP contribution in [0.15, 0.2) is 22.8 Å². The van der Waals surface area contributed by atoms with Crippen LogP contribution in [0.3, 0.4) is 0 Å². The van der Waals surface area contributed by atoms with Gasteiger partial charge in [0.2, 0.25) is 5.91 Å². The largest absolute Gasteiger partial charge is 0.468 e. The van der Waals surface area contributed by atoms with Crippen molar-refractivity contribution in [1.29, 1.82) is 0 Å². The molecule has 3 heterocycles. The Labute approximate surface area is 100 Å². The minimum absolute atomic E-state index is 0.206. The molecular weight excluding hydrogens is 218 g/mol. The zero-order valence-corrected chi connectivity index (χ0v) is 9.93. The Morgan fingerprint density at radius 1 is 1.47 bits per heavy atom. The molecule has 2 atom stereocenters. The molecule has 0 spiro atoms. The summed E-state index contributed by atoms with van der Waals surface area (Å²) in [7, 11) is 1.87. The van der Waals surface area contributed by atoms with Crippen LogP contribution in [0.2, 0.25) is 0 Å². The van der Waals surface area contributed by atoms with Crippen LogP contribution in [-0.4, -0.2) is 55.0 Å². The van der Waals surface area contributed by atoms with E-state index in [4.69, 9.17) is 4.42 Å². The molecule has 1 aromatic heterocycles. The van der Waals surface area contributed by atoms with E-state index in [9.17, 15) is 4.79 Å². The van der Waals surface area contributed by atoms with Crippen molar-refractivity contribution in [3.8, 4) is 0 Å². The molecule has 0 bridgehead atoms. The van der Waals surface area contributed by atoms with Gasteiger partial charge in [0, 0.05) is 32.7 Å². The van der Waals surface area contributed by atoms with Crippen LogP contribution in [0.25, 0.3) is 0 Å². The smallest absolute Gasteiger partial charge is 0.236 e. The first kappa shape index (κ1) is 10.8. The maximum Gasteiger partial charge on any atom is 0.236 e. The third kappa shape index (κ3) is 1.96. The number of carbonyl (C=O) groups excluding carboxylic acids is 1. The van der Waals surface area contributed by atoms with E-state index in [0.29, 0.717) is 12.6 Å². The number of hydrogen-bond acceptors (Lipinski definition) is 4. The number of rotatable bonds is 1. The SMILES string of the molecule is CN1CC2CNC(c3ccco3)CN2CC1=O. The quantitative estimate of drug-likeness (QED) is 0.748. The molecular formula is C12H17N3O2. The maximum absolute atomic E-state index is 11.7. The summed E-state index contributed by atoms with van der Waals surface area (Å²) in [5.74, 6) is 1.16. The topological polar surface area (TPSA) is 48.7 Å². The molecule has 2 unspecified atom stereocenters. The van der Waals surface area contributed by atoms with E-state index in [-0.39, 0.29) is 11.9 Å². The van der Waals surface area contributed by atoms with Crippen LogP contribution >= 0.6 is 0 Å². The molecule has 2 fully saturated rings. The molecule has 2 saturated heterocycles. The molecule has 1 N–H and O–H groups in total. The Hall–Kier alpha value is -1.33. The lowest BCUT2D eigenvalue weighted by Crippen LogP contribution is -2.62. The van der Waals surface area contributed by atoms with Gasteiger partial charge in [-0.05, 0) is 12.1 Å². The van der Waals surface area contributed by atoms with Crippen LogP contribution < -0.4 is 5.32 Å². The highest BCUT2D eigenvalue weighted by molar-refractivity contribution is 5.78. The zero-order chi connectivity index (χ0) is 11.8. The third-order valence-corrected chi connectivity index (χ3v) is 3.67. The lowest BCUT2D eigenvalue weighted by molar-refractivity contribution is -0.137. The van der Waals surface area contributed by atoms with Crippen molar-refractivity contribution in [2.45, 2.75) is 12.1 Å². The number of hydrogen-bond donors (Lipinski definition) is 1. The van der Waals surface area contributed by atoms with E-state index < -0.39 is 0 Å². The van der Waals surface area contributed by atoms with Crippen LogP contribution in [0.5, 0.6) is 0 Å². The van der Waals surface area contributed by atoms with Gasteiger partial charge in [-0.25, -0.2) is 0 Å². The fourth-order valence-electron chi connectivity index (χ4n) is 2.62. The van der Waals surface area contributed by atoms with Gasteiger partial charge in [0.15, 0.2) is 0 Å². The summed E-state index contributed by atoms with van der Waals surface area (Å²) in [5, 5.41) is 3.48. The number of likely N-dealkylation sites (N-methyl/N-ethyl adjacent to an activating group) is 1. The number of piperazine rings is 2. The zero-order valence-electron chi connectivity index (χ0n) is 9.93. The third-order valence-electron chi connectivity index (χ3n) is 3.67. The van der Waals surface area contributed by atoms with Crippen LogP contribution in [0.1, 0.15) is 11.8 Å². The molecule has 2 aliphatic heterocycles. The van der Waals surface area contributed by atoms with Crippen molar-refractivity contribution in [1.82, 2.24) is 15.1 Å². The van der Waals surface area contributed by atoms with Gasteiger partial charge in [-0.3, -0.25) is 9.69 Å². The molecule has 0 saturated carbocycles. The molecule has 5 nitrogen and oxygen atoms in total. The van der Waals surface area contributed by atoms with Crippen molar-refractivity contribution in [2.75, 3.05) is 33.2 Å². The average Bonchev–Trinajstić information content (AvgIpc) is 2.83. The average molecular weight is 235 g/mol. The second kappa shape index (κ2) is 4.16. The van der Waals surface area contributed by atoms with Gasteiger partial charge in [0.1, 0.15) is 5.76 Å².